The van der Waals surface area contributed by atoms with E-state index in [0.717, 1.165) is 25.7 Å². The van der Waals surface area contributed by atoms with Gasteiger partial charge in [-0.05, 0) is 69.6 Å². The van der Waals surface area contributed by atoms with E-state index in [1.165, 1.54) is 7.11 Å². The molecule has 6 heteroatoms. The van der Waals surface area contributed by atoms with Gasteiger partial charge in [0.05, 0.1) is 6.10 Å². The molecule has 2 fully saturated rings. The predicted molar refractivity (Wildman–Crippen MR) is 110 cm³/mol. The van der Waals surface area contributed by atoms with Gasteiger partial charge in [-0.25, -0.2) is 0 Å². The van der Waals surface area contributed by atoms with Gasteiger partial charge < -0.3 is 20.5 Å². The van der Waals surface area contributed by atoms with Crippen LogP contribution in [0.15, 0.2) is 0 Å². The average molecular weight is 397 g/mol. The third-order valence-corrected chi connectivity index (χ3v) is 7.06. The Labute approximate surface area is 170 Å². The van der Waals surface area contributed by atoms with Gasteiger partial charge in [0.1, 0.15) is 6.61 Å². The molecular weight excluding hydrogens is 356 g/mol. The van der Waals surface area contributed by atoms with E-state index in [2.05, 4.69) is 24.5 Å². The van der Waals surface area contributed by atoms with Crippen LogP contribution in [-0.2, 0) is 14.3 Å². The number of nitrogens with one attached hydrogen (secondary N) is 2. The average Bonchev–Trinajstić information content (AvgIpc) is 2.56. The molecule has 0 heterocycles. The van der Waals surface area contributed by atoms with Crippen molar-refractivity contribution in [1.82, 2.24) is 10.6 Å². The van der Waals surface area contributed by atoms with E-state index in [4.69, 9.17) is 4.74 Å². The quantitative estimate of drug-likeness (QED) is 0.666. The topological polar surface area (TPSA) is 87.7 Å². The summed E-state index contributed by atoms with van der Waals surface area (Å²) in [6.07, 6.45) is 3.22. The van der Waals surface area contributed by atoms with E-state index in [1.54, 1.807) is 0 Å². The Morgan fingerprint density at radius 1 is 1.25 bits per heavy atom. The SMILES string of the molecule is COCC(=O)N[C@H]1CC[C@]2(C)CCC([C@H](C)C(=O)NC(C)(C)C)[C@H](O)[C@H]2[C@@H]1C. The molecule has 2 aliphatic rings. The number of ether oxygens (including phenoxy) is 1. The maximum absolute atomic E-state index is 12.7. The predicted octanol–water partition coefficient (Wildman–Crippen LogP) is 2.49. The zero-order valence-electron chi connectivity index (χ0n) is 18.7. The van der Waals surface area contributed by atoms with Crippen LogP contribution in [0.5, 0.6) is 0 Å². The fourth-order valence-electron chi connectivity index (χ4n) is 5.55. The van der Waals surface area contributed by atoms with E-state index < -0.39 is 6.10 Å². The third-order valence-electron chi connectivity index (χ3n) is 7.06. The van der Waals surface area contributed by atoms with E-state index in [-0.39, 0.29) is 59.1 Å². The van der Waals surface area contributed by atoms with Gasteiger partial charge in [0.15, 0.2) is 0 Å². The van der Waals surface area contributed by atoms with Crippen LogP contribution in [0.4, 0.5) is 0 Å². The lowest BCUT2D eigenvalue weighted by molar-refractivity contribution is -0.145. The molecular formula is C22H40N2O4. The standard InChI is InChI=1S/C22H40N2O4/c1-13(20(27)24-21(3,4)5)15-8-10-22(6)11-9-16(23-17(25)12-28-7)14(2)18(22)19(15)26/h13-16,18-19,26H,8-12H2,1-7H3,(H,23,25)(H,24,27)/t13-,14+,15?,16-,18+,19-,22-/m0/s1. The molecule has 0 radical (unpaired) electrons. The molecule has 0 aromatic heterocycles. The van der Waals surface area contributed by atoms with Crippen LogP contribution in [0.25, 0.3) is 0 Å². The first-order chi connectivity index (χ1) is 12.9. The van der Waals surface area contributed by atoms with Crippen molar-refractivity contribution in [3.05, 3.63) is 0 Å². The summed E-state index contributed by atoms with van der Waals surface area (Å²) >= 11 is 0. The van der Waals surface area contributed by atoms with Crippen molar-refractivity contribution in [3.63, 3.8) is 0 Å². The largest absolute Gasteiger partial charge is 0.392 e. The molecule has 2 saturated carbocycles. The minimum Gasteiger partial charge on any atom is -0.392 e. The summed E-state index contributed by atoms with van der Waals surface area (Å²) in [6.45, 7) is 12.3. The minimum atomic E-state index is -0.545. The van der Waals surface area contributed by atoms with Crippen molar-refractivity contribution in [1.29, 1.82) is 0 Å². The van der Waals surface area contributed by atoms with Gasteiger partial charge in [0, 0.05) is 24.6 Å². The second kappa shape index (κ2) is 8.70. The third kappa shape index (κ3) is 5.07. The lowest BCUT2D eigenvalue weighted by Gasteiger charge is -2.56. The Balaban J connectivity index is 2.14. The number of aliphatic hydroxyl groups is 1. The van der Waals surface area contributed by atoms with E-state index in [1.807, 2.05) is 27.7 Å². The number of carbonyl (C=O) groups is 2. The highest BCUT2D eigenvalue weighted by Crippen LogP contribution is 2.55. The van der Waals surface area contributed by atoms with Gasteiger partial charge in [-0.3, -0.25) is 9.59 Å². The Bertz CT molecular complexity index is 573. The highest BCUT2D eigenvalue weighted by Gasteiger charge is 2.53. The van der Waals surface area contributed by atoms with Crippen LogP contribution in [0.1, 0.15) is 67.2 Å². The summed E-state index contributed by atoms with van der Waals surface area (Å²) in [6, 6.07) is 0.0350. The lowest BCUT2D eigenvalue weighted by Crippen LogP contribution is -2.59. The van der Waals surface area contributed by atoms with Crippen molar-refractivity contribution in [2.24, 2.45) is 29.1 Å². The van der Waals surface area contributed by atoms with Crippen molar-refractivity contribution < 1.29 is 19.4 Å². The van der Waals surface area contributed by atoms with Crippen LogP contribution in [0.2, 0.25) is 0 Å². The summed E-state index contributed by atoms with van der Waals surface area (Å²) in [7, 11) is 1.51. The van der Waals surface area contributed by atoms with E-state index >= 15 is 0 Å². The number of amides is 2. The molecule has 7 atom stereocenters. The van der Waals surface area contributed by atoms with Crippen molar-refractivity contribution in [2.45, 2.75) is 84.9 Å². The Morgan fingerprint density at radius 2 is 1.86 bits per heavy atom. The first-order valence-corrected chi connectivity index (χ1v) is 10.7. The summed E-state index contributed by atoms with van der Waals surface area (Å²) in [5.41, 5.74) is -0.230. The molecule has 0 aliphatic heterocycles. The summed E-state index contributed by atoms with van der Waals surface area (Å²) in [5.74, 6) is -0.185. The van der Waals surface area contributed by atoms with Gasteiger partial charge >= 0.3 is 0 Å². The summed E-state index contributed by atoms with van der Waals surface area (Å²) in [4.78, 5) is 24.7. The van der Waals surface area contributed by atoms with Crippen LogP contribution in [0.3, 0.4) is 0 Å². The molecule has 0 spiro atoms. The smallest absolute Gasteiger partial charge is 0.246 e. The molecule has 2 rings (SSSR count). The molecule has 0 bridgehead atoms. The summed E-state index contributed by atoms with van der Waals surface area (Å²) in [5, 5.41) is 17.5. The lowest BCUT2D eigenvalue weighted by atomic mass is 9.51. The second-order valence-corrected chi connectivity index (χ2v) is 10.4. The van der Waals surface area contributed by atoms with Crippen LogP contribution >= 0.6 is 0 Å². The first kappa shape index (κ1) is 23.1. The molecule has 2 amide bonds. The molecule has 0 aromatic carbocycles. The number of aliphatic hydroxyl groups excluding tert-OH is 1. The normalized spacial score (nSPS) is 36.9. The number of carbonyl (C=O) groups excluding carboxylic acids is 2. The first-order valence-electron chi connectivity index (χ1n) is 10.7. The maximum Gasteiger partial charge on any atom is 0.246 e. The monoisotopic (exact) mass is 396 g/mol. The van der Waals surface area contributed by atoms with Crippen molar-refractivity contribution in [3.8, 4) is 0 Å². The fourth-order valence-corrected chi connectivity index (χ4v) is 5.55. The van der Waals surface area contributed by atoms with Gasteiger partial charge in [0.25, 0.3) is 0 Å². The van der Waals surface area contributed by atoms with Crippen molar-refractivity contribution in [2.75, 3.05) is 13.7 Å². The van der Waals surface area contributed by atoms with Gasteiger partial charge in [-0.15, -0.1) is 0 Å². The molecule has 0 aromatic rings. The van der Waals surface area contributed by atoms with Gasteiger partial charge in [-0.2, -0.15) is 0 Å². The number of hydrogen-bond donors (Lipinski definition) is 3. The number of rotatable bonds is 5. The fraction of sp³-hybridized carbons (Fsp3) is 0.909. The second-order valence-electron chi connectivity index (χ2n) is 10.4. The van der Waals surface area contributed by atoms with Gasteiger partial charge in [-0.1, -0.05) is 20.8 Å². The zero-order chi connectivity index (χ0) is 21.3. The molecule has 28 heavy (non-hydrogen) atoms. The highest BCUT2D eigenvalue weighted by molar-refractivity contribution is 5.79. The van der Waals surface area contributed by atoms with Crippen LogP contribution in [0, 0.1) is 29.1 Å². The molecule has 0 saturated heterocycles. The molecule has 162 valence electrons. The van der Waals surface area contributed by atoms with E-state index in [0.29, 0.717) is 0 Å². The molecule has 2 aliphatic carbocycles. The molecule has 1 unspecified atom stereocenters. The Hall–Kier alpha value is -1.14. The van der Waals surface area contributed by atoms with Crippen LogP contribution < -0.4 is 10.6 Å². The Morgan fingerprint density at radius 3 is 2.43 bits per heavy atom. The molecule has 3 N–H and O–H groups in total. The highest BCUT2D eigenvalue weighted by atomic mass is 16.5. The number of hydrogen-bond acceptors (Lipinski definition) is 4. The minimum absolute atomic E-state index is 0.00793. The van der Waals surface area contributed by atoms with Crippen molar-refractivity contribution >= 4 is 11.8 Å². The van der Waals surface area contributed by atoms with Gasteiger partial charge in [0.2, 0.25) is 11.8 Å². The van der Waals surface area contributed by atoms with Crippen LogP contribution in [-0.4, -0.2) is 48.3 Å². The zero-order valence-corrected chi connectivity index (χ0v) is 18.7. The summed E-state index contributed by atoms with van der Waals surface area (Å²) < 4.78 is 4.94. The number of fused-ring (bicyclic) bond motifs is 1. The molecule has 6 nitrogen and oxygen atoms in total. The maximum atomic E-state index is 12.7. The Kier molecular flexibility index (Phi) is 7.19. The van der Waals surface area contributed by atoms with E-state index in [9.17, 15) is 14.7 Å². The number of methoxy groups -OCH3 is 1.